The minimum atomic E-state index is 0.0712. The summed E-state index contributed by atoms with van der Waals surface area (Å²) in [6.45, 7) is 4.20. The van der Waals surface area contributed by atoms with E-state index < -0.39 is 0 Å². The monoisotopic (exact) mass is 324 g/mol. The summed E-state index contributed by atoms with van der Waals surface area (Å²) in [6, 6.07) is 4.00. The van der Waals surface area contributed by atoms with Crippen LogP contribution >= 0.6 is 22.9 Å². The summed E-state index contributed by atoms with van der Waals surface area (Å²) in [7, 11) is 1.82. The molecule has 1 aliphatic heterocycles. The molecule has 0 atom stereocenters. The van der Waals surface area contributed by atoms with Gasteiger partial charge in [-0.25, -0.2) is 0 Å². The lowest BCUT2D eigenvalue weighted by Crippen LogP contribution is -2.48. The van der Waals surface area contributed by atoms with Gasteiger partial charge in [0.05, 0.1) is 16.1 Å². The fourth-order valence-electron chi connectivity index (χ4n) is 2.48. The standard InChI is InChI=1S/C14H17ClN4OS/c1-17-9-11(8-16-17)14(20)19-6-4-18(5-7-19)10-12-2-3-13(15)21-12/h2-3,8-9H,4-7,10H2,1H3. The normalized spacial score (nSPS) is 16.4. The second-order valence-corrected chi connectivity index (χ2v) is 6.98. The van der Waals surface area contributed by atoms with Crippen LogP contribution in [-0.4, -0.2) is 51.7 Å². The Labute approximate surface area is 132 Å². The number of hydrogen-bond donors (Lipinski definition) is 0. The highest BCUT2D eigenvalue weighted by Gasteiger charge is 2.23. The van der Waals surface area contributed by atoms with Gasteiger partial charge >= 0.3 is 0 Å². The molecule has 7 heteroatoms. The van der Waals surface area contributed by atoms with Gasteiger partial charge in [0.1, 0.15) is 0 Å². The highest BCUT2D eigenvalue weighted by Crippen LogP contribution is 2.23. The third kappa shape index (κ3) is 3.45. The van der Waals surface area contributed by atoms with Gasteiger partial charge in [-0.1, -0.05) is 11.6 Å². The van der Waals surface area contributed by atoms with Gasteiger partial charge in [-0.05, 0) is 12.1 Å². The smallest absolute Gasteiger partial charge is 0.257 e. The maximum absolute atomic E-state index is 12.3. The van der Waals surface area contributed by atoms with Gasteiger partial charge in [0.2, 0.25) is 0 Å². The Balaban J connectivity index is 1.54. The maximum atomic E-state index is 12.3. The zero-order chi connectivity index (χ0) is 14.8. The zero-order valence-electron chi connectivity index (χ0n) is 11.8. The maximum Gasteiger partial charge on any atom is 0.257 e. The van der Waals surface area contributed by atoms with Crippen molar-refractivity contribution < 1.29 is 4.79 Å². The number of piperazine rings is 1. The van der Waals surface area contributed by atoms with Crippen LogP contribution in [0.25, 0.3) is 0 Å². The first-order valence-electron chi connectivity index (χ1n) is 6.86. The van der Waals surface area contributed by atoms with Crippen LogP contribution in [0.2, 0.25) is 4.34 Å². The number of carbonyl (C=O) groups is 1. The molecule has 1 amide bonds. The van der Waals surface area contributed by atoms with Crippen molar-refractivity contribution in [3.63, 3.8) is 0 Å². The molecule has 0 saturated carbocycles. The third-order valence-corrected chi connectivity index (χ3v) is 4.84. The van der Waals surface area contributed by atoms with E-state index in [1.165, 1.54) is 4.88 Å². The summed E-state index contributed by atoms with van der Waals surface area (Å²) in [5.74, 6) is 0.0712. The predicted molar refractivity (Wildman–Crippen MR) is 83.7 cm³/mol. The molecule has 0 spiro atoms. The van der Waals surface area contributed by atoms with Gasteiger partial charge < -0.3 is 4.90 Å². The Bertz CT molecular complexity index is 630. The van der Waals surface area contributed by atoms with Gasteiger partial charge in [0, 0.05) is 50.8 Å². The number of aryl methyl sites for hydroxylation is 1. The van der Waals surface area contributed by atoms with Crippen molar-refractivity contribution in [3.8, 4) is 0 Å². The molecule has 3 heterocycles. The second kappa shape index (κ2) is 6.17. The summed E-state index contributed by atoms with van der Waals surface area (Å²) in [4.78, 5) is 17.8. The van der Waals surface area contributed by atoms with Crippen LogP contribution in [-0.2, 0) is 13.6 Å². The van der Waals surface area contributed by atoms with Crippen molar-refractivity contribution in [2.45, 2.75) is 6.54 Å². The number of nitrogens with zero attached hydrogens (tertiary/aromatic N) is 4. The van der Waals surface area contributed by atoms with Crippen LogP contribution < -0.4 is 0 Å². The second-order valence-electron chi connectivity index (χ2n) is 5.18. The fraction of sp³-hybridized carbons (Fsp3) is 0.429. The van der Waals surface area contributed by atoms with Crippen LogP contribution in [0.15, 0.2) is 24.5 Å². The first-order valence-corrected chi connectivity index (χ1v) is 8.06. The highest BCUT2D eigenvalue weighted by molar-refractivity contribution is 7.16. The van der Waals surface area contributed by atoms with Gasteiger partial charge in [0.15, 0.2) is 0 Å². The molecular weight excluding hydrogens is 308 g/mol. The average molecular weight is 325 g/mol. The summed E-state index contributed by atoms with van der Waals surface area (Å²) < 4.78 is 2.49. The van der Waals surface area contributed by atoms with Gasteiger partial charge in [-0.3, -0.25) is 14.4 Å². The Hall–Kier alpha value is -1.37. The molecule has 0 radical (unpaired) electrons. The molecule has 1 fully saturated rings. The molecule has 0 bridgehead atoms. The lowest BCUT2D eigenvalue weighted by atomic mass is 10.2. The van der Waals surface area contributed by atoms with Gasteiger partial charge in [0.25, 0.3) is 5.91 Å². The highest BCUT2D eigenvalue weighted by atomic mass is 35.5. The van der Waals surface area contributed by atoms with Crippen LogP contribution in [0.1, 0.15) is 15.2 Å². The molecule has 1 aliphatic rings. The molecule has 5 nitrogen and oxygen atoms in total. The molecule has 0 N–H and O–H groups in total. The van der Waals surface area contributed by atoms with E-state index in [0.29, 0.717) is 5.56 Å². The number of rotatable bonds is 3. The van der Waals surface area contributed by atoms with Crippen molar-refractivity contribution in [3.05, 3.63) is 39.3 Å². The van der Waals surface area contributed by atoms with Crippen LogP contribution in [0, 0.1) is 0 Å². The Morgan fingerprint density at radius 1 is 1.33 bits per heavy atom. The molecular formula is C14H17ClN4OS. The number of carbonyl (C=O) groups excluding carboxylic acids is 1. The summed E-state index contributed by atoms with van der Waals surface area (Å²) >= 11 is 7.57. The first kappa shape index (κ1) is 14.6. The molecule has 21 heavy (non-hydrogen) atoms. The number of hydrogen-bond acceptors (Lipinski definition) is 4. The van der Waals surface area contributed by atoms with Gasteiger partial charge in [-0.2, -0.15) is 5.10 Å². The molecule has 2 aromatic heterocycles. The van der Waals surface area contributed by atoms with E-state index in [0.717, 1.165) is 37.1 Å². The molecule has 0 aliphatic carbocycles. The number of amides is 1. The average Bonchev–Trinajstić information content (AvgIpc) is 3.08. The molecule has 2 aromatic rings. The third-order valence-electron chi connectivity index (χ3n) is 3.62. The van der Waals surface area contributed by atoms with E-state index in [2.05, 4.69) is 16.1 Å². The minimum Gasteiger partial charge on any atom is -0.336 e. The summed E-state index contributed by atoms with van der Waals surface area (Å²) in [6.07, 6.45) is 3.39. The lowest BCUT2D eigenvalue weighted by Gasteiger charge is -2.34. The molecule has 1 saturated heterocycles. The van der Waals surface area contributed by atoms with E-state index in [9.17, 15) is 4.79 Å². The SMILES string of the molecule is Cn1cc(C(=O)N2CCN(Cc3ccc(Cl)s3)CC2)cn1. The van der Waals surface area contributed by atoms with E-state index in [-0.39, 0.29) is 5.91 Å². The van der Waals surface area contributed by atoms with Crippen molar-refractivity contribution in [1.29, 1.82) is 0 Å². The Morgan fingerprint density at radius 3 is 2.67 bits per heavy atom. The molecule has 0 aromatic carbocycles. The van der Waals surface area contributed by atoms with E-state index >= 15 is 0 Å². The van der Waals surface area contributed by atoms with Crippen LogP contribution in [0.4, 0.5) is 0 Å². The van der Waals surface area contributed by atoms with E-state index in [4.69, 9.17) is 11.6 Å². The van der Waals surface area contributed by atoms with Gasteiger partial charge in [-0.15, -0.1) is 11.3 Å². The summed E-state index contributed by atoms with van der Waals surface area (Å²) in [5, 5.41) is 4.05. The number of halogens is 1. The Morgan fingerprint density at radius 2 is 2.10 bits per heavy atom. The van der Waals surface area contributed by atoms with Crippen LogP contribution in [0.3, 0.4) is 0 Å². The first-order chi connectivity index (χ1) is 10.1. The minimum absolute atomic E-state index is 0.0712. The molecule has 112 valence electrons. The topological polar surface area (TPSA) is 41.4 Å². The van der Waals surface area contributed by atoms with Crippen molar-refractivity contribution >= 4 is 28.8 Å². The van der Waals surface area contributed by atoms with Crippen LogP contribution in [0.5, 0.6) is 0 Å². The largest absolute Gasteiger partial charge is 0.336 e. The quantitative estimate of drug-likeness (QED) is 0.868. The van der Waals surface area contributed by atoms with Crippen molar-refractivity contribution in [2.75, 3.05) is 26.2 Å². The fourth-order valence-corrected chi connectivity index (χ4v) is 3.61. The number of aromatic nitrogens is 2. The number of thiophene rings is 1. The predicted octanol–water partition coefficient (Wildman–Crippen LogP) is 2.09. The Kier molecular flexibility index (Phi) is 4.28. The lowest BCUT2D eigenvalue weighted by molar-refractivity contribution is 0.0629. The van der Waals surface area contributed by atoms with Crippen molar-refractivity contribution in [1.82, 2.24) is 19.6 Å². The van der Waals surface area contributed by atoms with E-state index in [1.54, 1.807) is 28.4 Å². The summed E-state index contributed by atoms with van der Waals surface area (Å²) in [5.41, 5.74) is 0.663. The van der Waals surface area contributed by atoms with E-state index in [1.807, 2.05) is 18.0 Å². The van der Waals surface area contributed by atoms with Crippen molar-refractivity contribution in [2.24, 2.45) is 7.05 Å². The molecule has 0 unspecified atom stereocenters. The molecule has 3 rings (SSSR count). The zero-order valence-corrected chi connectivity index (χ0v) is 13.4.